The van der Waals surface area contributed by atoms with Crippen LogP contribution in [0.5, 0.6) is 0 Å². The Morgan fingerprint density at radius 3 is 2.29 bits per heavy atom. The zero-order valence-electron chi connectivity index (χ0n) is 9.13. The van der Waals surface area contributed by atoms with Crippen molar-refractivity contribution in [1.82, 2.24) is 0 Å². The van der Waals surface area contributed by atoms with Crippen molar-refractivity contribution in [2.24, 2.45) is 0 Å². The van der Waals surface area contributed by atoms with Gasteiger partial charge in [0.15, 0.2) is 5.78 Å². The standard InChI is InChI=1S/C12H17NO/c1-10-4-6-11(7-5-10)12(14)8-9-13(2)3/h4-7H,8-9H2,1-3H3/p+1. The summed E-state index contributed by atoms with van der Waals surface area (Å²) in [6.07, 6.45) is 0.630. The van der Waals surface area contributed by atoms with Crippen molar-refractivity contribution >= 4 is 5.78 Å². The average Bonchev–Trinajstić information content (AvgIpc) is 2.15. The van der Waals surface area contributed by atoms with E-state index in [9.17, 15) is 4.79 Å². The second-order valence-corrected chi connectivity index (χ2v) is 4.00. The van der Waals surface area contributed by atoms with E-state index in [1.807, 2.05) is 31.2 Å². The molecule has 2 nitrogen and oxygen atoms in total. The van der Waals surface area contributed by atoms with E-state index in [-0.39, 0.29) is 5.78 Å². The number of ketones is 1. The molecule has 0 bridgehead atoms. The Kier molecular flexibility index (Phi) is 3.84. The summed E-state index contributed by atoms with van der Waals surface area (Å²) >= 11 is 0. The summed E-state index contributed by atoms with van der Waals surface area (Å²) in [5.41, 5.74) is 2.02. The van der Waals surface area contributed by atoms with Crippen molar-refractivity contribution < 1.29 is 9.69 Å². The molecule has 0 aliphatic heterocycles. The average molecular weight is 192 g/mol. The lowest BCUT2D eigenvalue weighted by Gasteiger charge is -2.06. The number of hydrogen-bond donors (Lipinski definition) is 1. The fourth-order valence-electron chi connectivity index (χ4n) is 1.25. The number of rotatable bonds is 4. The summed E-state index contributed by atoms with van der Waals surface area (Å²) in [4.78, 5) is 13.0. The lowest BCUT2D eigenvalue weighted by molar-refractivity contribution is -0.857. The molecule has 0 aromatic heterocycles. The number of nitrogens with one attached hydrogen (secondary N) is 1. The van der Waals surface area contributed by atoms with Crippen LogP contribution in [-0.2, 0) is 0 Å². The van der Waals surface area contributed by atoms with Gasteiger partial charge < -0.3 is 4.90 Å². The van der Waals surface area contributed by atoms with Crippen LogP contribution in [-0.4, -0.2) is 26.4 Å². The Morgan fingerprint density at radius 2 is 1.79 bits per heavy atom. The monoisotopic (exact) mass is 192 g/mol. The molecular weight excluding hydrogens is 174 g/mol. The van der Waals surface area contributed by atoms with Crippen LogP contribution >= 0.6 is 0 Å². The lowest BCUT2D eigenvalue weighted by Crippen LogP contribution is -3.05. The third kappa shape index (κ3) is 3.30. The van der Waals surface area contributed by atoms with E-state index in [0.717, 1.165) is 12.1 Å². The molecule has 1 aromatic carbocycles. The molecule has 0 fully saturated rings. The molecule has 1 rings (SSSR count). The maximum atomic E-state index is 11.6. The van der Waals surface area contributed by atoms with Gasteiger partial charge in [-0.25, -0.2) is 0 Å². The van der Waals surface area contributed by atoms with Crippen LogP contribution in [0.3, 0.4) is 0 Å². The van der Waals surface area contributed by atoms with Crippen LogP contribution in [0.1, 0.15) is 22.3 Å². The van der Waals surface area contributed by atoms with E-state index in [0.29, 0.717) is 6.42 Å². The second-order valence-electron chi connectivity index (χ2n) is 4.00. The number of aryl methyl sites for hydroxylation is 1. The van der Waals surface area contributed by atoms with Crippen molar-refractivity contribution in [3.8, 4) is 0 Å². The minimum Gasteiger partial charge on any atom is -0.339 e. The lowest BCUT2D eigenvalue weighted by atomic mass is 10.1. The first-order valence-corrected chi connectivity index (χ1v) is 4.98. The van der Waals surface area contributed by atoms with Gasteiger partial charge in [-0.1, -0.05) is 29.8 Å². The third-order valence-electron chi connectivity index (χ3n) is 2.23. The summed E-state index contributed by atoms with van der Waals surface area (Å²) in [6, 6.07) is 7.77. The highest BCUT2D eigenvalue weighted by molar-refractivity contribution is 5.96. The van der Waals surface area contributed by atoms with Crippen LogP contribution in [0.15, 0.2) is 24.3 Å². The third-order valence-corrected chi connectivity index (χ3v) is 2.23. The molecule has 1 N–H and O–H groups in total. The molecule has 14 heavy (non-hydrogen) atoms. The highest BCUT2D eigenvalue weighted by Gasteiger charge is 2.06. The number of carbonyl (C=O) groups excluding carboxylic acids is 1. The molecule has 1 aromatic rings. The summed E-state index contributed by atoms with van der Waals surface area (Å²) in [7, 11) is 4.12. The van der Waals surface area contributed by atoms with Crippen LogP contribution in [0.4, 0.5) is 0 Å². The van der Waals surface area contributed by atoms with Gasteiger partial charge in [0.05, 0.1) is 27.1 Å². The summed E-state index contributed by atoms with van der Waals surface area (Å²) in [5.74, 6) is 0.242. The SMILES string of the molecule is Cc1ccc(C(=O)CC[NH+](C)C)cc1. The molecular formula is C12H18NO+. The Hall–Kier alpha value is -1.15. The van der Waals surface area contributed by atoms with Crippen molar-refractivity contribution in [3.05, 3.63) is 35.4 Å². The molecule has 0 saturated heterocycles. The summed E-state index contributed by atoms with van der Waals surface area (Å²) in [6.45, 7) is 2.92. The predicted molar refractivity (Wildman–Crippen MR) is 57.8 cm³/mol. The number of Topliss-reactive ketones (excluding diaryl/α,β-unsaturated/α-hetero) is 1. The molecule has 0 unspecified atom stereocenters. The van der Waals surface area contributed by atoms with Crippen LogP contribution in [0.2, 0.25) is 0 Å². The summed E-state index contributed by atoms with van der Waals surface area (Å²) in [5, 5.41) is 0. The van der Waals surface area contributed by atoms with Crippen LogP contribution in [0.25, 0.3) is 0 Å². The zero-order chi connectivity index (χ0) is 10.6. The maximum absolute atomic E-state index is 11.6. The maximum Gasteiger partial charge on any atom is 0.168 e. The van der Waals surface area contributed by atoms with Gasteiger partial charge in [-0.3, -0.25) is 4.79 Å². The van der Waals surface area contributed by atoms with Gasteiger partial charge >= 0.3 is 0 Å². The smallest absolute Gasteiger partial charge is 0.168 e. The largest absolute Gasteiger partial charge is 0.339 e. The molecule has 0 amide bonds. The normalized spacial score (nSPS) is 10.6. The van der Waals surface area contributed by atoms with Crippen LogP contribution < -0.4 is 4.90 Å². The minimum atomic E-state index is 0.242. The first-order chi connectivity index (χ1) is 6.59. The highest BCUT2D eigenvalue weighted by Crippen LogP contribution is 2.05. The Morgan fingerprint density at radius 1 is 1.21 bits per heavy atom. The van der Waals surface area contributed by atoms with Crippen molar-refractivity contribution in [2.45, 2.75) is 13.3 Å². The first kappa shape index (κ1) is 10.9. The number of benzene rings is 1. The van der Waals surface area contributed by atoms with E-state index >= 15 is 0 Å². The van der Waals surface area contributed by atoms with Gasteiger partial charge in [-0.15, -0.1) is 0 Å². The highest BCUT2D eigenvalue weighted by atomic mass is 16.1. The van der Waals surface area contributed by atoms with Gasteiger partial charge in [0.25, 0.3) is 0 Å². The van der Waals surface area contributed by atoms with Crippen LogP contribution in [0, 0.1) is 6.92 Å². The zero-order valence-corrected chi connectivity index (χ0v) is 9.13. The van der Waals surface area contributed by atoms with E-state index in [1.54, 1.807) is 0 Å². The Bertz CT molecular complexity index is 301. The Balaban J connectivity index is 2.57. The van der Waals surface area contributed by atoms with E-state index in [4.69, 9.17) is 0 Å². The number of carbonyl (C=O) groups is 1. The van der Waals surface area contributed by atoms with Gasteiger partial charge in [0.1, 0.15) is 0 Å². The number of quaternary nitrogens is 1. The summed E-state index contributed by atoms with van der Waals surface area (Å²) < 4.78 is 0. The van der Waals surface area contributed by atoms with Crippen molar-refractivity contribution in [3.63, 3.8) is 0 Å². The molecule has 0 saturated carbocycles. The Labute approximate surface area is 85.5 Å². The molecule has 0 aliphatic carbocycles. The van der Waals surface area contributed by atoms with E-state index in [2.05, 4.69) is 14.1 Å². The van der Waals surface area contributed by atoms with E-state index in [1.165, 1.54) is 10.5 Å². The van der Waals surface area contributed by atoms with Gasteiger partial charge in [-0.05, 0) is 6.92 Å². The van der Waals surface area contributed by atoms with Gasteiger partial charge in [-0.2, -0.15) is 0 Å². The van der Waals surface area contributed by atoms with Crippen molar-refractivity contribution in [1.29, 1.82) is 0 Å². The van der Waals surface area contributed by atoms with Gasteiger partial charge in [0, 0.05) is 5.56 Å². The van der Waals surface area contributed by atoms with Gasteiger partial charge in [0.2, 0.25) is 0 Å². The quantitative estimate of drug-likeness (QED) is 0.697. The fourth-order valence-corrected chi connectivity index (χ4v) is 1.25. The van der Waals surface area contributed by atoms with Crippen molar-refractivity contribution in [2.75, 3.05) is 20.6 Å². The molecule has 0 atom stereocenters. The molecule has 2 heteroatoms. The minimum absolute atomic E-state index is 0.242. The molecule has 0 aliphatic rings. The molecule has 76 valence electrons. The topological polar surface area (TPSA) is 21.5 Å². The molecule has 0 spiro atoms. The van der Waals surface area contributed by atoms with E-state index < -0.39 is 0 Å². The predicted octanol–water partition coefficient (Wildman–Crippen LogP) is 0.712. The molecule has 0 radical (unpaired) electrons. The fraction of sp³-hybridized carbons (Fsp3) is 0.417. The second kappa shape index (κ2) is 4.91. The number of hydrogen-bond acceptors (Lipinski definition) is 1. The first-order valence-electron chi connectivity index (χ1n) is 4.98. The molecule has 0 heterocycles.